The second kappa shape index (κ2) is 7.15. The summed E-state index contributed by atoms with van der Waals surface area (Å²) in [6.07, 6.45) is 5.15. The quantitative estimate of drug-likeness (QED) is 0.503. The van der Waals surface area contributed by atoms with E-state index in [4.69, 9.17) is 9.62 Å². The van der Waals surface area contributed by atoms with Crippen molar-refractivity contribution >= 4 is 15.9 Å². The summed E-state index contributed by atoms with van der Waals surface area (Å²) in [6, 6.07) is 8.01. The Morgan fingerprint density at radius 2 is 1.86 bits per heavy atom. The van der Waals surface area contributed by atoms with E-state index in [2.05, 4.69) is 9.97 Å². The standard InChI is InChI=1S/C18H16N4O5S/c23-18(21-24)16-7-13-5-6-22(10-17(13)27-16)28(25,26)15-3-1-12(2-4-15)14-8-19-11-20-9-14/h1-4,7-9,11,24H,5-6,10H2,(H,21,23). The molecule has 0 radical (unpaired) electrons. The lowest BCUT2D eigenvalue weighted by Crippen LogP contribution is -2.35. The fraction of sp³-hybridized carbons (Fsp3) is 0.167. The first-order valence-corrected chi connectivity index (χ1v) is 9.84. The van der Waals surface area contributed by atoms with Crippen LogP contribution >= 0.6 is 0 Å². The van der Waals surface area contributed by atoms with Gasteiger partial charge in [-0.1, -0.05) is 12.1 Å². The van der Waals surface area contributed by atoms with E-state index < -0.39 is 15.9 Å². The van der Waals surface area contributed by atoms with Crippen molar-refractivity contribution in [2.24, 2.45) is 0 Å². The zero-order valence-corrected chi connectivity index (χ0v) is 15.4. The molecule has 1 aliphatic heterocycles. The Morgan fingerprint density at radius 3 is 2.54 bits per heavy atom. The molecule has 0 saturated heterocycles. The zero-order valence-electron chi connectivity index (χ0n) is 14.6. The Morgan fingerprint density at radius 1 is 1.14 bits per heavy atom. The van der Waals surface area contributed by atoms with Crippen molar-refractivity contribution in [1.29, 1.82) is 0 Å². The Kier molecular flexibility index (Phi) is 4.67. The maximum absolute atomic E-state index is 13.0. The predicted octanol–water partition coefficient (Wildman–Crippen LogP) is 1.60. The highest BCUT2D eigenvalue weighted by Crippen LogP contribution is 2.28. The molecule has 1 aromatic carbocycles. The fourth-order valence-electron chi connectivity index (χ4n) is 3.09. The molecule has 9 nitrogen and oxygen atoms in total. The van der Waals surface area contributed by atoms with Crippen LogP contribution in [0, 0.1) is 0 Å². The largest absolute Gasteiger partial charge is 0.454 e. The van der Waals surface area contributed by atoms with Crippen LogP contribution in [-0.4, -0.2) is 40.4 Å². The molecule has 0 unspecified atom stereocenters. The molecule has 2 N–H and O–H groups in total. The number of carbonyl (C=O) groups is 1. The van der Waals surface area contributed by atoms with Gasteiger partial charge in [-0.15, -0.1) is 0 Å². The Hall–Kier alpha value is -3.08. The number of sulfonamides is 1. The number of furan rings is 1. The highest BCUT2D eigenvalue weighted by molar-refractivity contribution is 7.89. The van der Waals surface area contributed by atoms with Crippen LogP contribution < -0.4 is 5.48 Å². The molecule has 4 rings (SSSR count). The van der Waals surface area contributed by atoms with E-state index in [1.807, 2.05) is 0 Å². The van der Waals surface area contributed by atoms with Crippen LogP contribution in [0.5, 0.6) is 0 Å². The number of rotatable bonds is 4. The smallest absolute Gasteiger partial charge is 0.310 e. The monoisotopic (exact) mass is 400 g/mol. The number of aromatic nitrogens is 2. The minimum Gasteiger partial charge on any atom is -0.454 e. The molecule has 0 saturated carbocycles. The number of amides is 1. The van der Waals surface area contributed by atoms with Crippen molar-refractivity contribution in [3.8, 4) is 11.1 Å². The molecular formula is C18H16N4O5S. The van der Waals surface area contributed by atoms with Crippen LogP contribution in [0.15, 0.2) is 58.4 Å². The molecular weight excluding hydrogens is 384 g/mol. The third-order valence-electron chi connectivity index (χ3n) is 4.56. The van der Waals surface area contributed by atoms with Crippen LogP contribution in [0.2, 0.25) is 0 Å². The molecule has 10 heteroatoms. The van der Waals surface area contributed by atoms with E-state index in [9.17, 15) is 13.2 Å². The van der Waals surface area contributed by atoms with Crippen LogP contribution in [0.3, 0.4) is 0 Å². The Balaban J connectivity index is 1.57. The van der Waals surface area contributed by atoms with Crippen LogP contribution in [0.1, 0.15) is 21.9 Å². The highest BCUT2D eigenvalue weighted by Gasteiger charge is 2.31. The minimum atomic E-state index is -3.73. The molecule has 144 valence electrons. The van der Waals surface area contributed by atoms with Gasteiger partial charge in [-0.05, 0) is 35.7 Å². The summed E-state index contributed by atoms with van der Waals surface area (Å²) >= 11 is 0. The number of benzene rings is 1. The van der Waals surface area contributed by atoms with Gasteiger partial charge in [0.2, 0.25) is 10.0 Å². The van der Waals surface area contributed by atoms with Gasteiger partial charge >= 0.3 is 5.91 Å². The van der Waals surface area contributed by atoms with Crippen molar-refractivity contribution in [3.63, 3.8) is 0 Å². The minimum absolute atomic E-state index is 0.0185. The van der Waals surface area contributed by atoms with Crippen molar-refractivity contribution < 1.29 is 22.8 Å². The maximum Gasteiger partial charge on any atom is 0.310 e. The third kappa shape index (κ3) is 3.28. The number of nitrogens with one attached hydrogen (secondary N) is 1. The summed E-state index contributed by atoms with van der Waals surface area (Å²) < 4.78 is 32.7. The lowest BCUT2D eigenvalue weighted by atomic mass is 10.1. The van der Waals surface area contributed by atoms with Crippen molar-refractivity contribution in [3.05, 3.63) is 66.1 Å². The predicted molar refractivity (Wildman–Crippen MR) is 96.7 cm³/mol. The lowest BCUT2D eigenvalue weighted by Gasteiger charge is -2.25. The average molecular weight is 400 g/mol. The summed E-state index contributed by atoms with van der Waals surface area (Å²) in [6.45, 7) is 0.286. The van der Waals surface area contributed by atoms with Gasteiger partial charge in [0, 0.05) is 24.5 Å². The molecule has 0 bridgehead atoms. The van der Waals surface area contributed by atoms with E-state index in [0.717, 1.165) is 16.7 Å². The number of hydrogen-bond acceptors (Lipinski definition) is 7. The first-order valence-electron chi connectivity index (χ1n) is 8.40. The van der Waals surface area contributed by atoms with Crippen LogP contribution in [-0.2, 0) is 23.0 Å². The van der Waals surface area contributed by atoms with E-state index >= 15 is 0 Å². The second-order valence-electron chi connectivity index (χ2n) is 6.24. The fourth-order valence-corrected chi connectivity index (χ4v) is 4.48. The zero-order chi connectivity index (χ0) is 19.7. The average Bonchev–Trinajstić information content (AvgIpc) is 3.17. The molecule has 28 heavy (non-hydrogen) atoms. The molecule has 1 amide bonds. The van der Waals surface area contributed by atoms with Crippen molar-refractivity contribution in [2.75, 3.05) is 6.54 Å². The van der Waals surface area contributed by atoms with Crippen LogP contribution in [0.4, 0.5) is 0 Å². The number of fused-ring (bicyclic) bond motifs is 1. The van der Waals surface area contributed by atoms with E-state index in [1.54, 1.807) is 36.7 Å². The van der Waals surface area contributed by atoms with E-state index in [0.29, 0.717) is 12.2 Å². The van der Waals surface area contributed by atoms with Gasteiger partial charge < -0.3 is 4.42 Å². The van der Waals surface area contributed by atoms with E-state index in [-0.39, 0.29) is 23.7 Å². The summed E-state index contributed by atoms with van der Waals surface area (Å²) in [5, 5.41) is 8.71. The number of hydrogen-bond donors (Lipinski definition) is 2. The van der Waals surface area contributed by atoms with Gasteiger partial charge in [0.15, 0.2) is 5.76 Å². The molecule has 1 aliphatic rings. The normalized spacial score (nSPS) is 14.5. The Bertz CT molecular complexity index is 1110. The van der Waals surface area contributed by atoms with Gasteiger partial charge in [-0.25, -0.2) is 23.9 Å². The van der Waals surface area contributed by atoms with E-state index in [1.165, 1.54) is 22.2 Å². The van der Waals surface area contributed by atoms with Gasteiger partial charge in [0.1, 0.15) is 12.1 Å². The summed E-state index contributed by atoms with van der Waals surface area (Å²) in [4.78, 5) is 19.6. The highest BCUT2D eigenvalue weighted by atomic mass is 32.2. The summed E-state index contributed by atoms with van der Waals surface area (Å²) in [5.41, 5.74) is 3.86. The topological polar surface area (TPSA) is 126 Å². The summed E-state index contributed by atoms with van der Waals surface area (Å²) in [5.74, 6) is -0.433. The van der Waals surface area contributed by atoms with Crippen molar-refractivity contribution in [2.45, 2.75) is 17.9 Å². The molecule has 0 aliphatic carbocycles. The number of hydroxylamine groups is 1. The molecule has 2 aromatic heterocycles. The SMILES string of the molecule is O=C(NO)c1cc2c(o1)CN(S(=O)(=O)c1ccc(-c3cncnc3)cc1)CC2. The molecule has 0 spiro atoms. The number of carbonyl (C=O) groups excluding carboxylic acids is 1. The maximum atomic E-state index is 13.0. The first-order chi connectivity index (χ1) is 13.5. The Labute approximate surface area is 160 Å². The van der Waals surface area contributed by atoms with Crippen molar-refractivity contribution in [1.82, 2.24) is 19.8 Å². The van der Waals surface area contributed by atoms with Gasteiger partial charge in [-0.2, -0.15) is 4.31 Å². The lowest BCUT2D eigenvalue weighted by molar-refractivity contribution is 0.0673. The molecule has 3 aromatic rings. The van der Waals surface area contributed by atoms with Crippen LogP contribution in [0.25, 0.3) is 11.1 Å². The molecule has 0 fully saturated rings. The second-order valence-corrected chi connectivity index (χ2v) is 8.18. The third-order valence-corrected chi connectivity index (χ3v) is 6.42. The molecule has 0 atom stereocenters. The summed E-state index contributed by atoms with van der Waals surface area (Å²) in [7, 11) is -3.73. The van der Waals surface area contributed by atoms with Gasteiger partial charge in [-0.3, -0.25) is 10.0 Å². The van der Waals surface area contributed by atoms with Gasteiger partial charge in [0.25, 0.3) is 0 Å². The van der Waals surface area contributed by atoms with Gasteiger partial charge in [0.05, 0.1) is 11.4 Å². The first kappa shape index (κ1) is 18.3. The molecule has 3 heterocycles. The number of nitrogens with zero attached hydrogens (tertiary/aromatic N) is 3.